The van der Waals surface area contributed by atoms with Gasteiger partial charge in [0.2, 0.25) is 0 Å². The first kappa shape index (κ1) is 9.65. The van der Waals surface area contributed by atoms with Crippen LogP contribution in [-0.2, 0) is 21.1 Å². The Kier molecular flexibility index (Phi) is 3.39. The summed E-state index contributed by atoms with van der Waals surface area (Å²) in [5.41, 5.74) is 0.300. The molecular formula is C7H13NW. The molecule has 2 heteroatoms. The van der Waals surface area contributed by atoms with Crippen LogP contribution in [0.15, 0.2) is 0 Å². The zero-order valence-corrected chi connectivity index (χ0v) is 8.82. The Bertz CT molecular complexity index is 86.9. The second-order valence-corrected chi connectivity index (χ2v) is 2.92. The minimum absolute atomic E-state index is 0. The van der Waals surface area contributed by atoms with E-state index in [1.165, 1.54) is 0 Å². The van der Waals surface area contributed by atoms with E-state index in [1.807, 2.05) is 0 Å². The molecule has 0 radical (unpaired) electrons. The number of rotatable bonds is 1. The third-order valence-corrected chi connectivity index (χ3v) is 1.74. The largest absolute Gasteiger partial charge is 2.00 e. The van der Waals surface area contributed by atoms with Gasteiger partial charge in [0.05, 0.1) is 0 Å². The summed E-state index contributed by atoms with van der Waals surface area (Å²) in [5.74, 6) is 0. The standard InChI is InChI=1S/C7H13N.W/c1-4-7(2)5-8(3)6-7;/h1-2,4-6H2,3H3;/q-2;+2. The van der Waals surface area contributed by atoms with Crippen molar-refractivity contribution in [3.63, 3.8) is 0 Å². The first-order valence-electron chi connectivity index (χ1n) is 2.99. The van der Waals surface area contributed by atoms with Crippen LogP contribution in [0, 0.1) is 19.3 Å². The van der Waals surface area contributed by atoms with Gasteiger partial charge in [0.25, 0.3) is 0 Å². The van der Waals surface area contributed by atoms with E-state index in [2.05, 4.69) is 25.8 Å². The SMILES string of the molecule is [CH2-]CC1([CH2-])CN(C)C1.[W+2]. The number of nitrogens with zero attached hydrogens (tertiary/aromatic N) is 1. The third kappa shape index (κ3) is 2.05. The number of hydrogen-bond acceptors (Lipinski definition) is 1. The first-order chi connectivity index (χ1) is 3.66. The van der Waals surface area contributed by atoms with E-state index >= 15 is 0 Å². The summed E-state index contributed by atoms with van der Waals surface area (Å²) in [6.07, 6.45) is 0.970. The van der Waals surface area contributed by atoms with Gasteiger partial charge in [-0.15, -0.1) is 0 Å². The van der Waals surface area contributed by atoms with Gasteiger partial charge >= 0.3 is 21.1 Å². The molecular weight excluding hydrogens is 282 g/mol. The van der Waals surface area contributed by atoms with Gasteiger partial charge in [-0.1, -0.05) is 0 Å². The maximum Gasteiger partial charge on any atom is 2.00 e. The van der Waals surface area contributed by atoms with Gasteiger partial charge in [0.15, 0.2) is 0 Å². The van der Waals surface area contributed by atoms with Crippen molar-refractivity contribution in [2.24, 2.45) is 5.41 Å². The maximum absolute atomic E-state index is 4.04. The topological polar surface area (TPSA) is 3.24 Å². The van der Waals surface area contributed by atoms with E-state index < -0.39 is 0 Å². The Labute approximate surface area is 72.1 Å². The van der Waals surface area contributed by atoms with Crippen molar-refractivity contribution in [2.75, 3.05) is 20.1 Å². The monoisotopic (exact) mass is 295 g/mol. The molecule has 0 amide bonds. The van der Waals surface area contributed by atoms with E-state index in [0.29, 0.717) is 5.41 Å². The second-order valence-electron chi connectivity index (χ2n) is 2.92. The van der Waals surface area contributed by atoms with Crippen molar-refractivity contribution in [3.8, 4) is 0 Å². The third-order valence-electron chi connectivity index (χ3n) is 1.74. The molecule has 9 heavy (non-hydrogen) atoms. The van der Waals surface area contributed by atoms with Gasteiger partial charge < -0.3 is 18.7 Å². The molecule has 52 valence electrons. The van der Waals surface area contributed by atoms with Gasteiger partial charge in [-0.2, -0.15) is 5.41 Å². The zero-order valence-electron chi connectivity index (χ0n) is 5.89. The van der Waals surface area contributed by atoms with Gasteiger partial charge in [0, 0.05) is 0 Å². The van der Waals surface area contributed by atoms with E-state index in [1.54, 1.807) is 0 Å². The molecule has 1 rings (SSSR count). The fraction of sp³-hybridized carbons (Fsp3) is 0.714. The van der Waals surface area contributed by atoms with Crippen LogP contribution >= 0.6 is 0 Å². The van der Waals surface area contributed by atoms with Crippen molar-refractivity contribution in [1.82, 2.24) is 4.90 Å². The maximum atomic E-state index is 4.04. The summed E-state index contributed by atoms with van der Waals surface area (Å²) in [5, 5.41) is 0. The quantitative estimate of drug-likeness (QED) is 0.652. The van der Waals surface area contributed by atoms with Gasteiger partial charge in [0.1, 0.15) is 0 Å². The van der Waals surface area contributed by atoms with Crippen LogP contribution in [0.2, 0.25) is 0 Å². The Morgan fingerprint density at radius 3 is 2.11 bits per heavy atom. The number of likely N-dealkylation sites (tertiary alicyclic amines) is 1. The fourth-order valence-electron chi connectivity index (χ4n) is 1.26. The molecule has 1 nitrogen and oxygen atoms in total. The summed E-state index contributed by atoms with van der Waals surface area (Å²) in [6.45, 7) is 10.1. The molecule has 0 aromatic carbocycles. The number of hydrogen-bond donors (Lipinski definition) is 0. The van der Waals surface area contributed by atoms with E-state index in [4.69, 9.17) is 0 Å². The Balaban J connectivity index is 0.000000640. The average molecular weight is 295 g/mol. The van der Waals surface area contributed by atoms with E-state index in [0.717, 1.165) is 19.5 Å². The van der Waals surface area contributed by atoms with Crippen LogP contribution in [0.5, 0.6) is 0 Å². The van der Waals surface area contributed by atoms with Crippen molar-refractivity contribution < 1.29 is 21.1 Å². The second kappa shape index (κ2) is 3.16. The molecule has 1 aliphatic heterocycles. The molecule has 1 heterocycles. The summed E-state index contributed by atoms with van der Waals surface area (Å²) < 4.78 is 0. The van der Waals surface area contributed by atoms with Gasteiger partial charge in [-0.05, 0) is 20.1 Å². The summed E-state index contributed by atoms with van der Waals surface area (Å²) in [4.78, 5) is 2.26. The van der Waals surface area contributed by atoms with Crippen molar-refractivity contribution >= 4 is 0 Å². The molecule has 1 fully saturated rings. The molecule has 0 spiro atoms. The van der Waals surface area contributed by atoms with Crippen LogP contribution in [0.3, 0.4) is 0 Å². The normalized spacial score (nSPS) is 24.3. The molecule has 0 aliphatic carbocycles. The average Bonchev–Trinajstić information content (AvgIpc) is 1.63. The fourth-order valence-corrected chi connectivity index (χ4v) is 1.26. The van der Waals surface area contributed by atoms with E-state index in [-0.39, 0.29) is 21.1 Å². The molecule has 0 aromatic heterocycles. The minimum Gasteiger partial charge on any atom is -0.345 e. The van der Waals surface area contributed by atoms with Crippen molar-refractivity contribution in [3.05, 3.63) is 13.8 Å². The predicted octanol–water partition coefficient (Wildman–Crippen LogP) is 0.974. The molecule has 0 atom stereocenters. The summed E-state index contributed by atoms with van der Waals surface area (Å²) in [7, 11) is 2.11. The summed E-state index contributed by atoms with van der Waals surface area (Å²) >= 11 is 0. The Morgan fingerprint density at radius 2 is 2.00 bits per heavy atom. The van der Waals surface area contributed by atoms with Gasteiger partial charge in [-0.3, -0.25) is 0 Å². The van der Waals surface area contributed by atoms with Crippen LogP contribution in [0.25, 0.3) is 0 Å². The molecule has 0 N–H and O–H groups in total. The molecule has 0 saturated carbocycles. The molecule has 1 saturated heterocycles. The van der Waals surface area contributed by atoms with Crippen LogP contribution in [0.1, 0.15) is 6.42 Å². The van der Waals surface area contributed by atoms with Gasteiger partial charge in [-0.25, -0.2) is 6.42 Å². The molecule has 0 unspecified atom stereocenters. The Morgan fingerprint density at radius 1 is 1.56 bits per heavy atom. The molecule has 1 aliphatic rings. The minimum atomic E-state index is 0. The Hall–Kier alpha value is 0.648. The molecule has 0 aromatic rings. The van der Waals surface area contributed by atoms with Crippen LogP contribution in [0.4, 0.5) is 0 Å². The van der Waals surface area contributed by atoms with Crippen LogP contribution in [-0.4, -0.2) is 25.0 Å². The molecule has 0 bridgehead atoms. The zero-order chi connectivity index (χ0) is 6.20. The first-order valence-corrected chi connectivity index (χ1v) is 2.99. The van der Waals surface area contributed by atoms with E-state index in [9.17, 15) is 0 Å². The van der Waals surface area contributed by atoms with Crippen molar-refractivity contribution in [1.29, 1.82) is 0 Å². The predicted molar refractivity (Wildman–Crippen MR) is 35.3 cm³/mol. The van der Waals surface area contributed by atoms with Crippen molar-refractivity contribution in [2.45, 2.75) is 6.42 Å². The summed E-state index contributed by atoms with van der Waals surface area (Å²) in [6, 6.07) is 0. The van der Waals surface area contributed by atoms with Crippen LogP contribution < -0.4 is 0 Å². The smallest absolute Gasteiger partial charge is 0.345 e.